The predicted molar refractivity (Wildman–Crippen MR) is 205 cm³/mol. The quantitative estimate of drug-likeness (QED) is 0.163. The molecule has 1 atom stereocenters. The molecule has 0 amide bonds. The maximum absolute atomic E-state index is 6.29. The molecular formula is C43H45N2P. The van der Waals surface area contributed by atoms with E-state index in [4.69, 9.17) is 2.65 Å². The van der Waals surface area contributed by atoms with Gasteiger partial charge in [-0.05, 0) is 159 Å². The molecule has 0 aliphatic rings. The Labute approximate surface area is 281 Å². The summed E-state index contributed by atoms with van der Waals surface area (Å²) >= 11 is 0. The van der Waals surface area contributed by atoms with E-state index >= 15 is 0 Å². The minimum Gasteiger partial charge on any atom is -0.310 e. The van der Waals surface area contributed by atoms with Crippen LogP contribution in [-0.2, 0) is 0 Å². The van der Waals surface area contributed by atoms with Gasteiger partial charge in [0.05, 0.1) is 1.28 Å². The zero-order valence-corrected chi connectivity index (χ0v) is 28.8. The van der Waals surface area contributed by atoms with Crippen LogP contribution in [0, 0.1) is 41.5 Å². The van der Waals surface area contributed by atoms with Crippen LogP contribution in [0.2, 0.25) is 0 Å². The Morgan fingerprint density at radius 3 is 0.957 bits per heavy atom. The van der Waals surface area contributed by atoms with Crippen LogP contribution in [0.15, 0.2) is 133 Å². The van der Waals surface area contributed by atoms with Crippen molar-refractivity contribution in [1.82, 2.24) is 0 Å². The molecule has 0 aliphatic carbocycles. The van der Waals surface area contributed by atoms with E-state index in [0.717, 1.165) is 34.1 Å². The maximum Gasteiger partial charge on any atom is 0.0543 e. The van der Waals surface area contributed by atoms with Crippen molar-refractivity contribution in [2.75, 3.05) is 16.4 Å². The minimum atomic E-state index is 0.0571. The highest BCUT2D eigenvalue weighted by Gasteiger charge is 2.17. The molecule has 46 heavy (non-hydrogen) atoms. The second-order valence-electron chi connectivity index (χ2n) is 12.0. The summed E-state index contributed by atoms with van der Waals surface area (Å²) in [6, 6.07) is 48.6. The van der Waals surface area contributed by atoms with Crippen LogP contribution < -0.4 is 9.80 Å². The van der Waals surface area contributed by atoms with E-state index in [-0.39, 0.29) is 15.8 Å². The highest BCUT2D eigenvalue weighted by Crippen LogP contribution is 2.40. The van der Waals surface area contributed by atoms with Crippen molar-refractivity contribution in [3.05, 3.63) is 167 Å². The van der Waals surface area contributed by atoms with Gasteiger partial charge in [-0.2, -0.15) is 0 Å². The zero-order valence-electron chi connectivity index (χ0n) is 29.8. The van der Waals surface area contributed by atoms with Gasteiger partial charge in [0.25, 0.3) is 0 Å². The average molecular weight is 624 g/mol. The lowest BCUT2D eigenvalue weighted by molar-refractivity contribution is 1.24. The molecule has 0 radical (unpaired) electrons. The topological polar surface area (TPSA) is 6.48 Å². The van der Waals surface area contributed by atoms with Crippen LogP contribution in [0.5, 0.6) is 0 Å². The zero-order chi connectivity index (χ0) is 34.2. The number of hydrogen-bond donors (Lipinski definition) is 0. The summed E-state index contributed by atoms with van der Waals surface area (Å²) in [5.74, 6) is 0. The summed E-state index contributed by atoms with van der Waals surface area (Å²) in [7, 11) is 0.0571. The van der Waals surface area contributed by atoms with Crippen LogP contribution in [-0.4, -0.2) is 7.92 Å². The Bertz CT molecular complexity index is 1770. The second kappa shape index (κ2) is 14.6. The normalized spacial score (nSPS) is 11.4. The van der Waals surface area contributed by atoms with Crippen molar-refractivity contribution in [3.63, 3.8) is 0 Å². The van der Waals surface area contributed by atoms with Gasteiger partial charge in [-0.15, -0.1) is 9.18 Å². The number of hydrogen-bond acceptors (Lipinski definition) is 2. The average Bonchev–Trinajstić information content (AvgIpc) is 3.06. The van der Waals surface area contributed by atoms with Gasteiger partial charge < -0.3 is 9.80 Å². The molecule has 0 spiro atoms. The smallest absolute Gasteiger partial charge is 0.0543 e. The fraction of sp³-hybridized carbons (Fsp3) is 0.163. The predicted octanol–water partition coefficient (Wildman–Crippen LogP) is 12.6. The number of nitrogens with zero attached hydrogens (tertiary/aromatic N) is 2. The van der Waals surface area contributed by atoms with Crippen LogP contribution in [0.1, 0.15) is 34.8 Å². The van der Waals surface area contributed by atoms with Gasteiger partial charge in [0.15, 0.2) is 0 Å². The molecule has 232 valence electrons. The molecule has 0 saturated heterocycles. The summed E-state index contributed by atoms with van der Waals surface area (Å²) in [5, 5.41) is 0. The molecule has 6 aromatic carbocycles. The number of benzene rings is 6. The Balaban J connectivity index is 0.00000107. The van der Waals surface area contributed by atoms with E-state index in [1.165, 1.54) is 44.5 Å². The van der Waals surface area contributed by atoms with Crippen molar-refractivity contribution in [2.45, 2.75) is 41.5 Å². The van der Waals surface area contributed by atoms with Gasteiger partial charge in [0.1, 0.15) is 0 Å². The van der Waals surface area contributed by atoms with E-state index < -0.39 is 0 Å². The van der Waals surface area contributed by atoms with Crippen LogP contribution >= 0.6 is 9.18 Å². The first-order chi connectivity index (χ1) is 23.2. The molecule has 0 aromatic heterocycles. The third-order valence-corrected chi connectivity index (χ3v) is 8.27. The minimum absolute atomic E-state index is 0.0571. The van der Waals surface area contributed by atoms with E-state index in [1.54, 1.807) is 0 Å². The Hall–Kier alpha value is -4.65. The first-order valence-corrected chi connectivity index (χ1v) is 16.4. The molecule has 0 bridgehead atoms. The third-order valence-electron chi connectivity index (χ3n) is 8.27. The lowest BCUT2D eigenvalue weighted by atomic mass is 9.95. The monoisotopic (exact) mass is 623 g/mol. The highest BCUT2D eigenvalue weighted by atomic mass is 31.0. The standard InChI is InChI=1S/C42H40N2.CH5P/c1-29-11-7-15-35(23-29)43(36-16-8-12-30(2)24-36)39-19-21-41(33(5)27-39)42-22-20-40(28-34(42)6)44(37-17-9-13-31(3)25-37)38-18-10-14-32(4)26-38;1-2/h7-28H,1-6H3;2H2,1H3/i;1T,2D. The Morgan fingerprint density at radius 1 is 0.435 bits per heavy atom. The SMILES string of the molecule is Cc1cccc(N(c2cccc(C)c2)c2ccc(-c3ccc(N(c4cccc(C)c4)c4cccc(C)c4)cc3C)c(C)c2)c1.[2H]PC[3H]. The first kappa shape index (κ1) is 30.0. The van der Waals surface area contributed by atoms with Gasteiger partial charge in [-0.1, -0.05) is 67.3 Å². The number of anilines is 6. The van der Waals surface area contributed by atoms with E-state index in [1.807, 2.05) is 0 Å². The molecule has 1 unspecified atom stereocenters. The first-order valence-electron chi connectivity index (χ1n) is 16.9. The van der Waals surface area contributed by atoms with E-state index in [0.29, 0.717) is 0 Å². The van der Waals surface area contributed by atoms with Crippen LogP contribution in [0.4, 0.5) is 34.1 Å². The van der Waals surface area contributed by atoms with Gasteiger partial charge in [-0.3, -0.25) is 0 Å². The largest absolute Gasteiger partial charge is 0.310 e. The van der Waals surface area contributed by atoms with Crippen molar-refractivity contribution in [2.24, 2.45) is 0 Å². The van der Waals surface area contributed by atoms with Gasteiger partial charge in [-0.25, -0.2) is 0 Å². The molecule has 0 heterocycles. The van der Waals surface area contributed by atoms with Crippen molar-refractivity contribution in [1.29, 1.82) is 1.28 Å². The number of rotatable bonds is 7. The number of aryl methyl sites for hydroxylation is 6. The van der Waals surface area contributed by atoms with Crippen molar-refractivity contribution in [3.8, 4) is 11.1 Å². The Kier molecular flexibility index (Phi) is 9.55. The lowest BCUT2D eigenvalue weighted by Gasteiger charge is -2.28. The second-order valence-corrected chi connectivity index (χ2v) is 12.0. The molecule has 2 nitrogen and oxygen atoms in total. The fourth-order valence-corrected chi connectivity index (χ4v) is 6.14. The van der Waals surface area contributed by atoms with Gasteiger partial charge in [0, 0.05) is 35.5 Å². The molecule has 0 aliphatic heterocycles. The summed E-state index contributed by atoms with van der Waals surface area (Å²) in [4.78, 5) is 4.71. The molecular weight excluding hydrogens is 575 g/mol. The van der Waals surface area contributed by atoms with Gasteiger partial charge >= 0.3 is 0 Å². The summed E-state index contributed by atoms with van der Waals surface area (Å²) in [6.07, 6.45) is 0. The fourth-order valence-electron chi connectivity index (χ4n) is 6.14. The molecule has 0 N–H and O–H groups in total. The van der Waals surface area contributed by atoms with Gasteiger partial charge in [0.2, 0.25) is 0 Å². The molecule has 3 heteroatoms. The Morgan fingerprint density at radius 2 is 0.717 bits per heavy atom. The van der Waals surface area contributed by atoms with E-state index in [2.05, 4.69) is 185 Å². The summed E-state index contributed by atoms with van der Waals surface area (Å²) < 4.78 is 12.6. The van der Waals surface area contributed by atoms with Crippen LogP contribution in [0.25, 0.3) is 11.1 Å². The van der Waals surface area contributed by atoms with Crippen molar-refractivity contribution < 1.29 is 1.37 Å². The van der Waals surface area contributed by atoms with E-state index in [9.17, 15) is 0 Å². The van der Waals surface area contributed by atoms with Crippen LogP contribution in [0.3, 0.4) is 0 Å². The summed E-state index contributed by atoms with van der Waals surface area (Å²) in [6.45, 7) is 13.3. The molecule has 6 aromatic rings. The molecule has 6 rings (SSSR count). The highest BCUT2D eigenvalue weighted by molar-refractivity contribution is 7.15. The summed E-state index contributed by atoms with van der Waals surface area (Å²) in [5.41, 5.74) is 16.9. The molecule has 0 saturated carbocycles. The molecule has 0 fully saturated rings. The third kappa shape index (κ3) is 7.25. The lowest BCUT2D eigenvalue weighted by Crippen LogP contribution is -2.11. The maximum atomic E-state index is 6.29. The van der Waals surface area contributed by atoms with Crippen molar-refractivity contribution >= 4 is 43.3 Å².